The molecule has 0 saturated carbocycles. The number of nitriles is 1. The van der Waals surface area contributed by atoms with Crippen molar-refractivity contribution in [2.75, 3.05) is 7.11 Å². The van der Waals surface area contributed by atoms with Crippen LogP contribution < -0.4 is 10.2 Å². The van der Waals surface area contributed by atoms with Gasteiger partial charge in [0.15, 0.2) is 5.16 Å². The predicted octanol–water partition coefficient (Wildman–Crippen LogP) is 2.80. The maximum Gasteiger partial charge on any atom is 0.162 e. The van der Waals surface area contributed by atoms with Crippen LogP contribution in [0.5, 0.6) is 5.75 Å². The highest BCUT2D eigenvalue weighted by Gasteiger charge is 2.23. The van der Waals surface area contributed by atoms with Crippen molar-refractivity contribution in [1.29, 1.82) is 5.26 Å². The molecule has 0 N–H and O–H groups in total. The second-order valence-electron chi connectivity index (χ2n) is 3.18. The number of nitrogens with zero attached hydrogens (tertiary/aromatic N) is 3. The molecule has 0 fully saturated rings. The van der Waals surface area contributed by atoms with E-state index in [2.05, 4.69) is 32.5 Å². The number of methoxy groups -OCH3 is 1. The first kappa shape index (κ1) is 12.0. The van der Waals surface area contributed by atoms with E-state index in [0.29, 0.717) is 27.1 Å². The van der Waals surface area contributed by atoms with Crippen LogP contribution in [0.3, 0.4) is 0 Å². The zero-order valence-corrected chi connectivity index (χ0v) is 11.1. The Morgan fingerprint density at radius 1 is 1.47 bits per heavy atom. The van der Waals surface area contributed by atoms with Gasteiger partial charge in [0.1, 0.15) is 10.4 Å². The largest absolute Gasteiger partial charge is 0.496 e. The first-order valence-corrected chi connectivity index (χ1v) is 5.77. The molecule has 0 atom stereocenters. The fraction of sp³-hybridized carbons (Fsp3) is 0.0909. The molecule has 1 aromatic rings. The minimum Gasteiger partial charge on any atom is -0.496 e. The number of rotatable bonds is 2. The molecule has 2 rings (SSSR count). The second-order valence-corrected chi connectivity index (χ2v) is 4.29. The van der Waals surface area contributed by atoms with E-state index in [0.717, 1.165) is 0 Å². The molecule has 1 radical (unpaired) electrons. The zero-order chi connectivity index (χ0) is 12.4. The van der Waals surface area contributed by atoms with Crippen LogP contribution in [0.2, 0.25) is 0 Å². The van der Waals surface area contributed by atoms with Crippen LogP contribution in [0, 0.1) is 11.3 Å². The van der Waals surface area contributed by atoms with Gasteiger partial charge >= 0.3 is 0 Å². The third-order valence-electron chi connectivity index (χ3n) is 2.24. The Labute approximate surface area is 112 Å². The van der Waals surface area contributed by atoms with Crippen molar-refractivity contribution >= 4 is 37.7 Å². The van der Waals surface area contributed by atoms with Crippen molar-refractivity contribution in [2.24, 2.45) is 5.10 Å². The third-order valence-corrected chi connectivity index (χ3v) is 3.06. The van der Waals surface area contributed by atoms with Crippen molar-refractivity contribution in [2.45, 2.75) is 0 Å². The molecule has 4 nitrogen and oxygen atoms in total. The number of benzene rings is 1. The van der Waals surface area contributed by atoms with E-state index in [-0.39, 0.29) is 5.16 Å². The SMILES string of the molecule is COc1ccc(C#N)cc1C1=C(Cl)[N]N=C1Br. The lowest BCUT2D eigenvalue weighted by molar-refractivity contribution is 0.413. The fourth-order valence-electron chi connectivity index (χ4n) is 1.47. The maximum atomic E-state index is 8.89. The molecular formula is C11H6BrClN3O. The topological polar surface area (TPSA) is 59.5 Å². The Hall–Kier alpha value is -1.51. The minimum atomic E-state index is 0.269. The van der Waals surface area contributed by atoms with Gasteiger partial charge in [-0.3, -0.25) is 0 Å². The molecule has 1 aromatic carbocycles. The number of hydrogen-bond acceptors (Lipinski definition) is 3. The molecular weight excluding hydrogens is 305 g/mol. The van der Waals surface area contributed by atoms with Gasteiger partial charge in [-0.05, 0) is 34.1 Å². The van der Waals surface area contributed by atoms with E-state index in [1.54, 1.807) is 25.3 Å². The second kappa shape index (κ2) is 4.78. The molecule has 6 heteroatoms. The van der Waals surface area contributed by atoms with Crippen LogP contribution in [-0.2, 0) is 0 Å². The Morgan fingerprint density at radius 3 is 2.76 bits per heavy atom. The number of halogens is 2. The van der Waals surface area contributed by atoms with Gasteiger partial charge in [0.05, 0.1) is 24.3 Å². The number of allylic oxidation sites excluding steroid dienone is 1. The molecule has 0 spiro atoms. The van der Waals surface area contributed by atoms with E-state index < -0.39 is 0 Å². The zero-order valence-electron chi connectivity index (χ0n) is 8.74. The fourth-order valence-corrected chi connectivity index (χ4v) is 2.29. The molecule has 1 aliphatic rings. The van der Waals surface area contributed by atoms with Crippen molar-refractivity contribution in [3.05, 3.63) is 34.5 Å². The quantitative estimate of drug-likeness (QED) is 0.789. The number of hydrogen-bond donors (Lipinski definition) is 0. The van der Waals surface area contributed by atoms with Crippen molar-refractivity contribution in [3.63, 3.8) is 0 Å². The van der Waals surface area contributed by atoms with Gasteiger partial charge in [-0.2, -0.15) is 5.26 Å². The highest BCUT2D eigenvalue weighted by atomic mass is 79.9. The lowest BCUT2D eigenvalue weighted by Crippen LogP contribution is -1.97. The van der Waals surface area contributed by atoms with Crippen LogP contribution in [0.1, 0.15) is 11.1 Å². The van der Waals surface area contributed by atoms with Gasteiger partial charge in [-0.15, -0.1) is 10.5 Å². The summed E-state index contributed by atoms with van der Waals surface area (Å²) in [6.07, 6.45) is 0. The summed E-state index contributed by atoms with van der Waals surface area (Å²) in [5.74, 6) is 0.612. The number of ether oxygens (including phenoxy) is 1. The highest BCUT2D eigenvalue weighted by molar-refractivity contribution is 9.18. The summed E-state index contributed by atoms with van der Waals surface area (Å²) >= 11 is 9.23. The summed E-state index contributed by atoms with van der Waals surface area (Å²) in [6, 6.07) is 7.14. The van der Waals surface area contributed by atoms with Gasteiger partial charge in [-0.25, -0.2) is 0 Å². The highest BCUT2D eigenvalue weighted by Crippen LogP contribution is 2.35. The smallest absolute Gasteiger partial charge is 0.162 e. The summed E-state index contributed by atoms with van der Waals surface area (Å²) in [6.45, 7) is 0. The van der Waals surface area contributed by atoms with Crippen LogP contribution in [0.15, 0.2) is 28.5 Å². The van der Waals surface area contributed by atoms with Crippen LogP contribution in [0.4, 0.5) is 0 Å². The van der Waals surface area contributed by atoms with Crippen LogP contribution in [-0.4, -0.2) is 11.7 Å². The maximum absolute atomic E-state index is 8.89. The van der Waals surface area contributed by atoms with E-state index >= 15 is 0 Å². The lowest BCUT2D eigenvalue weighted by Gasteiger charge is -2.09. The Kier molecular flexibility index (Phi) is 3.36. The van der Waals surface area contributed by atoms with E-state index in [1.807, 2.05) is 0 Å². The van der Waals surface area contributed by atoms with Gasteiger partial charge in [0, 0.05) is 5.56 Å². The molecule has 0 aliphatic carbocycles. The normalized spacial score (nSPS) is 14.1. The predicted molar refractivity (Wildman–Crippen MR) is 69.0 cm³/mol. The third kappa shape index (κ3) is 2.14. The van der Waals surface area contributed by atoms with Gasteiger partial charge in [0.25, 0.3) is 0 Å². The van der Waals surface area contributed by atoms with Crippen molar-refractivity contribution < 1.29 is 4.74 Å². The Balaban J connectivity index is 2.62. The van der Waals surface area contributed by atoms with Gasteiger partial charge < -0.3 is 4.74 Å². The summed E-state index contributed by atoms with van der Waals surface area (Å²) in [5, 5.41) is 13.0. The first-order chi connectivity index (χ1) is 8.17. The summed E-state index contributed by atoms with van der Waals surface area (Å²) in [5.41, 5.74) is 5.59. The first-order valence-electron chi connectivity index (χ1n) is 4.60. The average Bonchev–Trinajstić information content (AvgIpc) is 2.68. The van der Waals surface area contributed by atoms with E-state index in [1.165, 1.54) is 0 Å². The monoisotopic (exact) mass is 310 g/mol. The van der Waals surface area contributed by atoms with Crippen LogP contribution >= 0.6 is 27.5 Å². The van der Waals surface area contributed by atoms with Crippen LogP contribution in [0.25, 0.3) is 5.57 Å². The molecule has 0 aromatic heterocycles. The Morgan fingerprint density at radius 2 is 2.24 bits per heavy atom. The minimum absolute atomic E-state index is 0.269. The average molecular weight is 312 g/mol. The van der Waals surface area contributed by atoms with E-state index in [9.17, 15) is 0 Å². The summed E-state index contributed by atoms with van der Waals surface area (Å²) in [4.78, 5) is 0. The summed E-state index contributed by atoms with van der Waals surface area (Å²) < 4.78 is 5.76. The summed E-state index contributed by atoms with van der Waals surface area (Å²) in [7, 11) is 1.55. The molecule has 1 aliphatic heterocycles. The van der Waals surface area contributed by atoms with E-state index in [4.69, 9.17) is 21.6 Å². The van der Waals surface area contributed by atoms with Crippen molar-refractivity contribution in [3.8, 4) is 11.8 Å². The molecule has 17 heavy (non-hydrogen) atoms. The van der Waals surface area contributed by atoms with Gasteiger partial charge in [-0.1, -0.05) is 11.6 Å². The van der Waals surface area contributed by atoms with Crippen molar-refractivity contribution in [1.82, 2.24) is 5.43 Å². The standard InChI is InChI=1S/C11H6BrClN3O/c1-17-8-3-2-6(5-14)4-7(8)9-10(12)15-16-11(9)13/h2-4H,1H3. The Bertz CT molecular complexity index is 575. The molecule has 85 valence electrons. The molecule has 1 heterocycles. The molecule has 0 bridgehead atoms. The van der Waals surface area contributed by atoms with Gasteiger partial charge in [0.2, 0.25) is 0 Å². The molecule has 0 amide bonds. The molecule has 0 saturated heterocycles. The molecule has 0 unspecified atom stereocenters. The lowest BCUT2D eigenvalue weighted by atomic mass is 10.0.